The number of nitrogens with one attached hydrogen (secondary N) is 2. The molecular weight excluding hydrogens is 466 g/mol. The third kappa shape index (κ3) is 4.32. The summed E-state index contributed by atoms with van der Waals surface area (Å²) in [7, 11) is 4.32. The first-order valence-corrected chi connectivity index (χ1v) is 13.3. The summed E-state index contributed by atoms with van der Waals surface area (Å²) in [5.41, 5.74) is 4.08. The number of aromatic nitrogens is 4. The maximum atomic E-state index is 13.1. The Hall–Kier alpha value is -3.55. The first kappa shape index (κ1) is 23.8. The van der Waals surface area contributed by atoms with Crippen LogP contribution in [0.3, 0.4) is 0 Å². The number of pyridine rings is 2. The van der Waals surface area contributed by atoms with Crippen molar-refractivity contribution in [2.24, 2.45) is 0 Å². The minimum absolute atomic E-state index is 0.0635. The normalized spacial score (nSPS) is 18.5. The number of piperidine rings is 1. The average Bonchev–Trinajstić information content (AvgIpc) is 3.62. The van der Waals surface area contributed by atoms with Gasteiger partial charge in [0.15, 0.2) is 0 Å². The van der Waals surface area contributed by atoms with Crippen LogP contribution >= 0.6 is 0 Å². The van der Waals surface area contributed by atoms with E-state index in [0.717, 1.165) is 76.1 Å². The smallest absolute Gasteiger partial charge is 0.270 e. The number of hydrogen-bond acceptors (Lipinski definition) is 9. The molecule has 192 valence electrons. The highest BCUT2D eigenvalue weighted by molar-refractivity contribution is 5.78. The second kappa shape index (κ2) is 9.72. The molecule has 2 aliphatic heterocycles. The van der Waals surface area contributed by atoms with Crippen molar-refractivity contribution in [3.63, 3.8) is 0 Å². The van der Waals surface area contributed by atoms with Crippen molar-refractivity contribution < 1.29 is 0 Å². The second-order valence-corrected chi connectivity index (χ2v) is 10.6. The van der Waals surface area contributed by atoms with Gasteiger partial charge in [0, 0.05) is 55.4 Å². The molecule has 0 amide bonds. The summed E-state index contributed by atoms with van der Waals surface area (Å²) in [6.45, 7) is 3.60. The van der Waals surface area contributed by atoms with E-state index >= 15 is 0 Å². The van der Waals surface area contributed by atoms with E-state index in [0.29, 0.717) is 23.0 Å². The standard InChI is InChI=1S/C27H33N9O/c1-34(2)19-7-9-35(10-8-19)23-16-30-24(22-15-29-14-21(22)23)32-27-31-13-18-11-17(12-28)26(37)36(25(18)33-27)20-5-3-4-6-20/h11,13,16,19-20,29H,3-10,14-15H2,1-2H3,(H,30,31,32,33). The van der Waals surface area contributed by atoms with Crippen LogP contribution in [0.4, 0.5) is 17.5 Å². The van der Waals surface area contributed by atoms with Crippen LogP contribution in [-0.4, -0.2) is 57.6 Å². The lowest BCUT2D eigenvalue weighted by molar-refractivity contribution is 0.249. The van der Waals surface area contributed by atoms with Crippen LogP contribution in [0.2, 0.25) is 0 Å². The van der Waals surface area contributed by atoms with Crippen molar-refractivity contribution in [2.75, 3.05) is 37.4 Å². The van der Waals surface area contributed by atoms with Gasteiger partial charge >= 0.3 is 0 Å². The molecule has 3 aromatic heterocycles. The minimum atomic E-state index is -0.267. The number of nitriles is 1. The molecule has 10 heteroatoms. The predicted molar refractivity (Wildman–Crippen MR) is 143 cm³/mol. The SMILES string of the molecule is CN(C)C1CCN(c2cnc(Nc3ncc4cc(C#N)c(=O)n(C5CCCC5)c4n3)c3c2CNC3)CC1. The third-order valence-corrected chi connectivity index (χ3v) is 8.23. The van der Waals surface area contributed by atoms with Gasteiger partial charge in [0.1, 0.15) is 23.1 Å². The zero-order valence-corrected chi connectivity index (χ0v) is 21.5. The molecule has 0 aromatic carbocycles. The summed E-state index contributed by atoms with van der Waals surface area (Å²) in [5, 5.41) is 17.0. The molecule has 1 saturated carbocycles. The Balaban J connectivity index is 1.32. The van der Waals surface area contributed by atoms with Crippen LogP contribution in [0.25, 0.3) is 11.0 Å². The molecular formula is C27H33N9O. The molecule has 37 heavy (non-hydrogen) atoms. The van der Waals surface area contributed by atoms with Crippen LogP contribution < -0.4 is 21.1 Å². The van der Waals surface area contributed by atoms with E-state index in [4.69, 9.17) is 9.97 Å². The van der Waals surface area contributed by atoms with E-state index in [2.05, 4.69) is 39.5 Å². The van der Waals surface area contributed by atoms with Crippen LogP contribution in [0, 0.1) is 11.3 Å². The number of fused-ring (bicyclic) bond motifs is 2. The Morgan fingerprint density at radius 2 is 1.84 bits per heavy atom. The van der Waals surface area contributed by atoms with Crippen molar-refractivity contribution in [1.29, 1.82) is 5.26 Å². The van der Waals surface area contributed by atoms with Gasteiger partial charge in [0.05, 0.1) is 11.9 Å². The quantitative estimate of drug-likeness (QED) is 0.546. The Morgan fingerprint density at radius 1 is 1.08 bits per heavy atom. The molecule has 10 nitrogen and oxygen atoms in total. The number of hydrogen-bond donors (Lipinski definition) is 2. The molecule has 2 N–H and O–H groups in total. The van der Waals surface area contributed by atoms with Crippen LogP contribution in [-0.2, 0) is 13.1 Å². The van der Waals surface area contributed by atoms with Gasteiger partial charge in [0.25, 0.3) is 5.56 Å². The van der Waals surface area contributed by atoms with Crippen LogP contribution in [0.15, 0.2) is 23.3 Å². The Morgan fingerprint density at radius 3 is 2.57 bits per heavy atom. The molecule has 0 spiro atoms. The fourth-order valence-electron chi connectivity index (χ4n) is 6.15. The summed E-state index contributed by atoms with van der Waals surface area (Å²) < 4.78 is 1.72. The molecule has 0 atom stereocenters. The largest absolute Gasteiger partial charge is 0.370 e. The lowest BCUT2D eigenvalue weighted by Crippen LogP contribution is -2.42. The van der Waals surface area contributed by atoms with Crippen molar-refractivity contribution in [2.45, 2.75) is 63.7 Å². The van der Waals surface area contributed by atoms with E-state index in [1.807, 2.05) is 12.3 Å². The van der Waals surface area contributed by atoms with Crippen molar-refractivity contribution in [1.82, 2.24) is 29.7 Å². The van der Waals surface area contributed by atoms with E-state index in [-0.39, 0.29) is 17.2 Å². The topological polar surface area (TPSA) is 115 Å². The highest BCUT2D eigenvalue weighted by atomic mass is 16.1. The highest BCUT2D eigenvalue weighted by Gasteiger charge is 2.27. The summed E-state index contributed by atoms with van der Waals surface area (Å²) in [5.74, 6) is 1.15. The fraction of sp³-hybridized carbons (Fsp3) is 0.519. The van der Waals surface area contributed by atoms with Gasteiger partial charge in [-0.2, -0.15) is 10.2 Å². The van der Waals surface area contributed by atoms with Crippen molar-refractivity contribution in [3.8, 4) is 6.07 Å². The molecule has 3 aliphatic rings. The maximum absolute atomic E-state index is 13.1. The first-order chi connectivity index (χ1) is 18.0. The average molecular weight is 500 g/mol. The number of nitrogens with zero attached hydrogens (tertiary/aromatic N) is 7. The van der Waals surface area contributed by atoms with Gasteiger partial charge in [0.2, 0.25) is 5.95 Å². The van der Waals surface area contributed by atoms with Gasteiger partial charge in [-0.1, -0.05) is 12.8 Å². The molecule has 3 aromatic rings. The second-order valence-electron chi connectivity index (χ2n) is 10.6. The monoisotopic (exact) mass is 499 g/mol. The minimum Gasteiger partial charge on any atom is -0.370 e. The summed E-state index contributed by atoms with van der Waals surface area (Å²) >= 11 is 0. The summed E-state index contributed by atoms with van der Waals surface area (Å²) in [4.78, 5) is 32.0. The Labute approximate surface area is 216 Å². The van der Waals surface area contributed by atoms with E-state index in [1.165, 1.54) is 11.3 Å². The molecule has 5 heterocycles. The van der Waals surface area contributed by atoms with Crippen molar-refractivity contribution >= 4 is 28.5 Å². The van der Waals surface area contributed by atoms with E-state index < -0.39 is 0 Å². The zero-order valence-electron chi connectivity index (χ0n) is 21.5. The molecule has 1 saturated heterocycles. The fourth-order valence-corrected chi connectivity index (χ4v) is 6.15. The molecule has 1 aliphatic carbocycles. The molecule has 6 rings (SSSR count). The van der Waals surface area contributed by atoms with Gasteiger partial charge in [-0.3, -0.25) is 9.36 Å². The molecule has 0 unspecified atom stereocenters. The van der Waals surface area contributed by atoms with Crippen molar-refractivity contribution in [3.05, 3.63) is 45.5 Å². The highest BCUT2D eigenvalue weighted by Crippen LogP contribution is 2.34. The summed E-state index contributed by atoms with van der Waals surface area (Å²) in [6, 6.07) is 4.34. The predicted octanol–water partition coefficient (Wildman–Crippen LogP) is 3.05. The zero-order chi connectivity index (χ0) is 25.5. The number of anilines is 3. The van der Waals surface area contributed by atoms with Gasteiger partial charge in [-0.15, -0.1) is 0 Å². The van der Waals surface area contributed by atoms with Crippen LogP contribution in [0.5, 0.6) is 0 Å². The first-order valence-electron chi connectivity index (χ1n) is 13.3. The van der Waals surface area contributed by atoms with Crippen LogP contribution in [0.1, 0.15) is 61.3 Å². The van der Waals surface area contributed by atoms with E-state index in [9.17, 15) is 10.1 Å². The summed E-state index contributed by atoms with van der Waals surface area (Å²) in [6.07, 6.45) is 9.96. The Kier molecular flexibility index (Phi) is 6.26. The van der Waals surface area contributed by atoms with Gasteiger partial charge in [-0.05, 0) is 51.4 Å². The lowest BCUT2D eigenvalue weighted by Gasteiger charge is -2.37. The maximum Gasteiger partial charge on any atom is 0.270 e. The lowest BCUT2D eigenvalue weighted by atomic mass is 10.0. The van der Waals surface area contributed by atoms with Gasteiger partial charge in [-0.25, -0.2) is 9.97 Å². The molecule has 0 radical (unpaired) electrons. The third-order valence-electron chi connectivity index (χ3n) is 8.23. The molecule has 0 bridgehead atoms. The molecule has 2 fully saturated rings. The number of rotatable bonds is 5. The Bertz CT molecular complexity index is 1430. The van der Waals surface area contributed by atoms with E-state index in [1.54, 1.807) is 16.8 Å². The van der Waals surface area contributed by atoms with Gasteiger partial charge < -0.3 is 20.4 Å².